The molecule has 0 saturated carbocycles. The first kappa shape index (κ1) is 22.9. The van der Waals surface area contributed by atoms with Gasteiger partial charge in [0.15, 0.2) is 5.50 Å². The summed E-state index contributed by atoms with van der Waals surface area (Å²) in [7, 11) is 0. The molecule has 5 rings (SSSR count). The molecule has 1 saturated heterocycles. The van der Waals surface area contributed by atoms with E-state index in [1.807, 2.05) is 48.5 Å². The lowest BCUT2D eigenvalue weighted by molar-refractivity contribution is -0.116. The lowest BCUT2D eigenvalue weighted by Gasteiger charge is -2.12. The van der Waals surface area contributed by atoms with Crippen LogP contribution < -0.4 is 10.6 Å². The third-order valence-corrected chi connectivity index (χ3v) is 7.60. The molecule has 4 nitrogen and oxygen atoms in total. The first-order valence-electron chi connectivity index (χ1n) is 11.1. The van der Waals surface area contributed by atoms with Gasteiger partial charge in [0.25, 0.3) is 5.91 Å². The normalized spacial score (nSPS) is 16.9. The molecule has 4 aromatic rings. The third-order valence-electron chi connectivity index (χ3n) is 5.83. The highest BCUT2D eigenvalue weighted by Gasteiger charge is 2.27. The SMILES string of the molecule is CCc1ccc(N[C@@H]2NC(=O)/C(=C/c3cn(Cc4ccc(Cl)c(Cl)c4)c4ccccc34)S2)cc1. The van der Waals surface area contributed by atoms with Gasteiger partial charge in [-0.25, -0.2) is 0 Å². The summed E-state index contributed by atoms with van der Waals surface area (Å²) in [5.74, 6) is -0.0750. The summed E-state index contributed by atoms with van der Waals surface area (Å²) in [6.45, 7) is 2.78. The minimum absolute atomic E-state index is 0.0750. The van der Waals surface area contributed by atoms with Crippen molar-refractivity contribution in [3.8, 4) is 0 Å². The highest BCUT2D eigenvalue weighted by molar-refractivity contribution is 8.05. The van der Waals surface area contributed by atoms with Gasteiger partial charge in [-0.1, -0.05) is 78.3 Å². The van der Waals surface area contributed by atoms with E-state index in [-0.39, 0.29) is 11.4 Å². The number of hydrogen-bond acceptors (Lipinski definition) is 3. The summed E-state index contributed by atoms with van der Waals surface area (Å²) in [5.41, 5.74) is 5.20. The van der Waals surface area contributed by atoms with Crippen LogP contribution in [0.15, 0.2) is 77.8 Å². The van der Waals surface area contributed by atoms with Crippen molar-refractivity contribution in [2.24, 2.45) is 0 Å². The Hall–Kier alpha value is -2.86. The van der Waals surface area contributed by atoms with E-state index in [9.17, 15) is 4.79 Å². The van der Waals surface area contributed by atoms with E-state index >= 15 is 0 Å². The Bertz CT molecular complexity index is 1400. The van der Waals surface area contributed by atoms with E-state index in [0.717, 1.165) is 34.1 Å². The van der Waals surface area contributed by atoms with Crippen LogP contribution in [0.1, 0.15) is 23.6 Å². The number of anilines is 1. The molecule has 0 unspecified atom stereocenters. The van der Waals surface area contributed by atoms with Crippen LogP contribution in [0.5, 0.6) is 0 Å². The van der Waals surface area contributed by atoms with E-state index < -0.39 is 0 Å². The number of nitrogens with zero attached hydrogens (tertiary/aromatic N) is 1. The minimum atomic E-state index is -0.212. The fourth-order valence-corrected chi connectivity index (χ4v) is 5.35. The number of amides is 1. The van der Waals surface area contributed by atoms with Crippen LogP contribution in [-0.2, 0) is 17.8 Å². The quantitative estimate of drug-likeness (QED) is 0.272. The topological polar surface area (TPSA) is 46.1 Å². The molecule has 1 amide bonds. The zero-order valence-electron chi connectivity index (χ0n) is 18.5. The molecule has 0 aliphatic carbocycles. The van der Waals surface area contributed by atoms with Gasteiger partial charge in [0.2, 0.25) is 0 Å². The minimum Gasteiger partial charge on any atom is -0.357 e. The lowest BCUT2D eigenvalue weighted by Crippen LogP contribution is -2.30. The van der Waals surface area contributed by atoms with E-state index in [2.05, 4.69) is 52.6 Å². The van der Waals surface area contributed by atoms with Crippen LogP contribution in [0.4, 0.5) is 5.69 Å². The summed E-state index contributed by atoms with van der Waals surface area (Å²) in [4.78, 5) is 13.4. The number of carbonyl (C=O) groups is 1. The Balaban J connectivity index is 1.39. The van der Waals surface area contributed by atoms with Gasteiger partial charge in [0.05, 0.1) is 15.0 Å². The summed E-state index contributed by atoms with van der Waals surface area (Å²) < 4.78 is 2.17. The van der Waals surface area contributed by atoms with Gasteiger partial charge in [-0.3, -0.25) is 4.79 Å². The summed E-state index contributed by atoms with van der Waals surface area (Å²) in [6.07, 6.45) is 5.05. The molecule has 0 bridgehead atoms. The maximum Gasteiger partial charge on any atom is 0.260 e. The number of nitrogens with one attached hydrogen (secondary N) is 2. The van der Waals surface area contributed by atoms with Gasteiger partial charge < -0.3 is 15.2 Å². The van der Waals surface area contributed by atoms with Gasteiger partial charge in [-0.05, 0) is 54.0 Å². The average Bonchev–Trinajstić information content (AvgIpc) is 3.36. The molecule has 1 aromatic heterocycles. The van der Waals surface area contributed by atoms with Crippen LogP contribution in [0.2, 0.25) is 10.0 Å². The molecular formula is C27H23Cl2N3OS. The fraction of sp³-hybridized carbons (Fsp3) is 0.148. The third kappa shape index (κ3) is 4.83. The smallest absolute Gasteiger partial charge is 0.260 e. The molecule has 34 heavy (non-hydrogen) atoms. The van der Waals surface area contributed by atoms with Crippen molar-refractivity contribution in [2.45, 2.75) is 25.4 Å². The molecule has 0 radical (unpaired) electrons. The monoisotopic (exact) mass is 507 g/mol. The maximum atomic E-state index is 12.7. The van der Waals surface area contributed by atoms with E-state index in [1.54, 1.807) is 0 Å². The number of carbonyl (C=O) groups excluding carboxylic acids is 1. The van der Waals surface area contributed by atoms with Crippen LogP contribution >= 0.6 is 35.0 Å². The van der Waals surface area contributed by atoms with E-state index in [0.29, 0.717) is 21.5 Å². The van der Waals surface area contributed by atoms with E-state index in [4.69, 9.17) is 23.2 Å². The van der Waals surface area contributed by atoms with E-state index in [1.165, 1.54) is 17.3 Å². The number of rotatable bonds is 6. The molecule has 1 fully saturated rings. The average molecular weight is 508 g/mol. The van der Waals surface area contributed by atoms with Crippen molar-refractivity contribution in [1.82, 2.24) is 9.88 Å². The summed E-state index contributed by atoms with van der Waals surface area (Å²) in [6, 6.07) is 22.2. The predicted molar refractivity (Wildman–Crippen MR) is 144 cm³/mol. The predicted octanol–water partition coefficient (Wildman–Crippen LogP) is 7.16. The van der Waals surface area contributed by atoms with Gasteiger partial charge in [0.1, 0.15) is 0 Å². The number of benzene rings is 3. The molecule has 1 aliphatic rings. The van der Waals surface area contributed by atoms with Crippen molar-refractivity contribution < 1.29 is 4.79 Å². The molecule has 1 aliphatic heterocycles. The van der Waals surface area contributed by atoms with Crippen LogP contribution in [0, 0.1) is 0 Å². The lowest BCUT2D eigenvalue weighted by atomic mass is 10.1. The second-order valence-corrected chi connectivity index (χ2v) is 10.1. The number of aryl methyl sites for hydroxylation is 1. The summed E-state index contributed by atoms with van der Waals surface area (Å²) >= 11 is 13.8. The van der Waals surface area contributed by atoms with Crippen molar-refractivity contribution in [3.05, 3.63) is 105 Å². The number of para-hydroxylation sites is 1. The second kappa shape index (κ2) is 9.79. The largest absolute Gasteiger partial charge is 0.357 e. The highest BCUT2D eigenvalue weighted by Crippen LogP contribution is 2.33. The highest BCUT2D eigenvalue weighted by atomic mass is 35.5. The Morgan fingerprint density at radius 1 is 1.03 bits per heavy atom. The number of aromatic nitrogens is 1. The van der Waals surface area contributed by atoms with Gasteiger partial charge in [0, 0.05) is 34.9 Å². The molecule has 1 atom stereocenters. The van der Waals surface area contributed by atoms with Crippen molar-refractivity contribution >= 4 is 63.5 Å². The molecule has 3 aromatic carbocycles. The molecule has 2 N–H and O–H groups in total. The fourth-order valence-electron chi connectivity index (χ4n) is 4.05. The zero-order valence-corrected chi connectivity index (χ0v) is 20.8. The maximum absolute atomic E-state index is 12.7. The Kier molecular flexibility index (Phi) is 6.59. The van der Waals surface area contributed by atoms with Crippen LogP contribution in [0.3, 0.4) is 0 Å². The molecule has 7 heteroatoms. The standard InChI is InChI=1S/C27H23Cl2N3OS/c1-2-17-7-10-20(11-8-17)30-27-31-26(33)25(34-27)14-19-16-32(24-6-4-3-5-21(19)24)15-18-9-12-22(28)23(29)13-18/h3-14,16,27,30H,2,15H2,1H3,(H,31,33)/b25-14-/t27-/m1/s1. The second-order valence-electron chi connectivity index (χ2n) is 8.15. The van der Waals surface area contributed by atoms with Crippen molar-refractivity contribution in [1.29, 1.82) is 0 Å². The molecule has 2 heterocycles. The molecule has 0 spiro atoms. The Labute approximate surface area is 212 Å². The number of halogens is 2. The number of thioether (sulfide) groups is 1. The first-order chi connectivity index (χ1) is 16.5. The molecular weight excluding hydrogens is 485 g/mol. The first-order valence-corrected chi connectivity index (χ1v) is 12.7. The van der Waals surface area contributed by atoms with Gasteiger partial charge in [-0.15, -0.1) is 0 Å². The van der Waals surface area contributed by atoms with Crippen LogP contribution in [0.25, 0.3) is 17.0 Å². The Morgan fingerprint density at radius 2 is 1.79 bits per heavy atom. The number of hydrogen-bond donors (Lipinski definition) is 2. The summed E-state index contributed by atoms with van der Waals surface area (Å²) in [5, 5.41) is 8.58. The number of fused-ring (bicyclic) bond motifs is 1. The Morgan fingerprint density at radius 3 is 2.56 bits per heavy atom. The molecule has 172 valence electrons. The van der Waals surface area contributed by atoms with Gasteiger partial charge >= 0.3 is 0 Å². The van der Waals surface area contributed by atoms with Gasteiger partial charge in [-0.2, -0.15) is 0 Å². The zero-order chi connectivity index (χ0) is 23.7. The van der Waals surface area contributed by atoms with Crippen LogP contribution in [-0.4, -0.2) is 16.0 Å². The van der Waals surface area contributed by atoms with Crippen molar-refractivity contribution in [2.75, 3.05) is 5.32 Å². The van der Waals surface area contributed by atoms with Crippen molar-refractivity contribution in [3.63, 3.8) is 0 Å².